The SMILES string of the molecule is O=C1NCCCC[C@@H]1NC(=O)N1CCC[C@H]1c1ccc2c(c1)OCCO2. The fourth-order valence-corrected chi connectivity index (χ4v) is 3.93. The van der Waals surface area contributed by atoms with Crippen LogP contribution in [0.25, 0.3) is 0 Å². The Morgan fingerprint density at radius 1 is 1.12 bits per heavy atom. The van der Waals surface area contributed by atoms with Crippen molar-refractivity contribution < 1.29 is 19.1 Å². The molecule has 0 aromatic heterocycles. The average molecular weight is 359 g/mol. The Bertz CT molecular complexity index is 693. The first kappa shape index (κ1) is 17.0. The number of urea groups is 1. The molecule has 3 heterocycles. The maximum absolute atomic E-state index is 12.8. The number of likely N-dealkylation sites (tertiary alicyclic amines) is 1. The molecule has 3 amide bonds. The molecular weight excluding hydrogens is 334 g/mol. The molecule has 0 spiro atoms. The van der Waals surface area contributed by atoms with Gasteiger partial charge in [-0.25, -0.2) is 4.79 Å². The number of nitrogens with zero attached hydrogens (tertiary/aromatic N) is 1. The topological polar surface area (TPSA) is 79.9 Å². The highest BCUT2D eigenvalue weighted by atomic mass is 16.6. The van der Waals surface area contributed by atoms with Gasteiger partial charge in [-0.05, 0) is 49.8 Å². The summed E-state index contributed by atoms with van der Waals surface area (Å²) < 4.78 is 11.2. The predicted octanol–water partition coefficient (Wildman–Crippen LogP) is 1.97. The summed E-state index contributed by atoms with van der Waals surface area (Å²) in [5.41, 5.74) is 1.05. The smallest absolute Gasteiger partial charge is 0.318 e. The van der Waals surface area contributed by atoms with E-state index in [0.717, 1.165) is 42.7 Å². The monoisotopic (exact) mass is 359 g/mol. The van der Waals surface area contributed by atoms with Crippen LogP contribution in [-0.2, 0) is 4.79 Å². The quantitative estimate of drug-likeness (QED) is 0.846. The lowest BCUT2D eigenvalue weighted by Gasteiger charge is -2.28. The Labute approximate surface area is 153 Å². The van der Waals surface area contributed by atoms with Crippen LogP contribution in [0.5, 0.6) is 11.5 Å². The summed E-state index contributed by atoms with van der Waals surface area (Å²) in [6.07, 6.45) is 4.45. The zero-order chi connectivity index (χ0) is 17.9. The van der Waals surface area contributed by atoms with Crippen LogP contribution >= 0.6 is 0 Å². The fraction of sp³-hybridized carbons (Fsp3) is 0.579. The minimum atomic E-state index is -0.438. The van der Waals surface area contributed by atoms with Crippen molar-refractivity contribution in [3.63, 3.8) is 0 Å². The van der Waals surface area contributed by atoms with Gasteiger partial charge in [-0.1, -0.05) is 6.07 Å². The van der Waals surface area contributed by atoms with Gasteiger partial charge < -0.3 is 25.0 Å². The first-order chi connectivity index (χ1) is 12.7. The highest BCUT2D eigenvalue weighted by Crippen LogP contribution is 2.38. The van der Waals surface area contributed by atoms with Gasteiger partial charge in [0.1, 0.15) is 19.3 Å². The molecule has 0 unspecified atom stereocenters. The van der Waals surface area contributed by atoms with Gasteiger partial charge in [-0.3, -0.25) is 4.79 Å². The van der Waals surface area contributed by atoms with Crippen molar-refractivity contribution in [2.75, 3.05) is 26.3 Å². The third-order valence-corrected chi connectivity index (χ3v) is 5.30. The Hall–Kier alpha value is -2.44. The minimum Gasteiger partial charge on any atom is -0.486 e. The number of hydrogen-bond donors (Lipinski definition) is 2. The van der Waals surface area contributed by atoms with Crippen molar-refractivity contribution in [3.05, 3.63) is 23.8 Å². The van der Waals surface area contributed by atoms with Crippen LogP contribution in [0.1, 0.15) is 43.7 Å². The first-order valence-electron chi connectivity index (χ1n) is 9.47. The van der Waals surface area contributed by atoms with E-state index < -0.39 is 6.04 Å². The number of rotatable bonds is 2. The van der Waals surface area contributed by atoms with Crippen molar-refractivity contribution in [1.82, 2.24) is 15.5 Å². The molecule has 26 heavy (non-hydrogen) atoms. The Morgan fingerprint density at radius 2 is 1.96 bits per heavy atom. The zero-order valence-corrected chi connectivity index (χ0v) is 14.8. The third kappa shape index (κ3) is 3.43. The number of hydrogen-bond acceptors (Lipinski definition) is 4. The first-order valence-corrected chi connectivity index (χ1v) is 9.47. The second-order valence-electron chi connectivity index (χ2n) is 7.04. The summed E-state index contributed by atoms with van der Waals surface area (Å²) >= 11 is 0. The molecule has 140 valence electrons. The number of fused-ring (bicyclic) bond motifs is 1. The average Bonchev–Trinajstić information content (AvgIpc) is 3.07. The van der Waals surface area contributed by atoms with Crippen LogP contribution in [0.4, 0.5) is 4.79 Å². The van der Waals surface area contributed by atoms with E-state index in [1.807, 2.05) is 23.1 Å². The van der Waals surface area contributed by atoms with Crippen molar-refractivity contribution >= 4 is 11.9 Å². The number of ether oxygens (including phenoxy) is 2. The summed E-state index contributed by atoms with van der Waals surface area (Å²) in [7, 11) is 0. The lowest BCUT2D eigenvalue weighted by molar-refractivity contribution is -0.122. The van der Waals surface area contributed by atoms with E-state index >= 15 is 0 Å². The maximum Gasteiger partial charge on any atom is 0.318 e. The second-order valence-corrected chi connectivity index (χ2v) is 7.04. The fourth-order valence-electron chi connectivity index (χ4n) is 3.93. The lowest BCUT2D eigenvalue weighted by atomic mass is 10.0. The van der Waals surface area contributed by atoms with Crippen molar-refractivity contribution in [1.29, 1.82) is 0 Å². The molecule has 1 aromatic carbocycles. The number of carbonyl (C=O) groups excluding carboxylic acids is 2. The van der Waals surface area contributed by atoms with Crippen LogP contribution in [0.15, 0.2) is 18.2 Å². The van der Waals surface area contributed by atoms with Crippen LogP contribution in [-0.4, -0.2) is 49.2 Å². The van der Waals surface area contributed by atoms with Gasteiger partial charge in [-0.2, -0.15) is 0 Å². The van der Waals surface area contributed by atoms with Crippen LogP contribution in [0, 0.1) is 0 Å². The molecule has 4 rings (SSSR count). The van der Waals surface area contributed by atoms with E-state index in [1.165, 1.54) is 0 Å². The molecule has 2 fully saturated rings. The van der Waals surface area contributed by atoms with Crippen molar-refractivity contribution in [2.45, 2.75) is 44.2 Å². The van der Waals surface area contributed by atoms with Crippen molar-refractivity contribution in [3.8, 4) is 11.5 Å². The minimum absolute atomic E-state index is 0.000309. The van der Waals surface area contributed by atoms with E-state index in [2.05, 4.69) is 10.6 Å². The molecule has 1 aromatic rings. The van der Waals surface area contributed by atoms with Crippen LogP contribution in [0.2, 0.25) is 0 Å². The number of carbonyl (C=O) groups is 2. The third-order valence-electron chi connectivity index (χ3n) is 5.30. The summed E-state index contributed by atoms with van der Waals surface area (Å²) in [6.45, 7) is 2.49. The summed E-state index contributed by atoms with van der Waals surface area (Å²) in [6, 6.07) is 5.29. The van der Waals surface area contributed by atoms with Crippen LogP contribution < -0.4 is 20.1 Å². The van der Waals surface area contributed by atoms with E-state index in [1.54, 1.807) is 0 Å². The molecule has 2 atom stereocenters. The predicted molar refractivity (Wildman–Crippen MR) is 95.3 cm³/mol. The van der Waals surface area contributed by atoms with E-state index in [0.29, 0.717) is 32.7 Å². The number of amides is 3. The van der Waals surface area contributed by atoms with E-state index in [4.69, 9.17) is 9.47 Å². The van der Waals surface area contributed by atoms with Gasteiger partial charge in [0.25, 0.3) is 0 Å². The van der Waals surface area contributed by atoms with E-state index in [9.17, 15) is 9.59 Å². The normalized spacial score (nSPS) is 25.4. The Morgan fingerprint density at radius 3 is 2.85 bits per heavy atom. The van der Waals surface area contributed by atoms with Crippen LogP contribution in [0.3, 0.4) is 0 Å². The van der Waals surface area contributed by atoms with Gasteiger partial charge in [0.2, 0.25) is 5.91 Å². The van der Waals surface area contributed by atoms with E-state index in [-0.39, 0.29) is 18.0 Å². The highest BCUT2D eigenvalue weighted by Gasteiger charge is 2.33. The van der Waals surface area contributed by atoms with Crippen molar-refractivity contribution in [2.24, 2.45) is 0 Å². The molecule has 7 nitrogen and oxygen atoms in total. The summed E-state index contributed by atoms with van der Waals surface area (Å²) in [5, 5.41) is 5.80. The molecule has 0 radical (unpaired) electrons. The lowest BCUT2D eigenvalue weighted by Crippen LogP contribution is -2.50. The summed E-state index contributed by atoms with van der Waals surface area (Å²) in [4.78, 5) is 26.8. The molecule has 2 saturated heterocycles. The van der Waals surface area contributed by atoms with Gasteiger partial charge in [0, 0.05) is 13.1 Å². The number of nitrogens with one attached hydrogen (secondary N) is 2. The molecule has 3 aliphatic heterocycles. The largest absolute Gasteiger partial charge is 0.486 e. The maximum atomic E-state index is 12.8. The molecule has 0 aliphatic carbocycles. The molecule has 0 bridgehead atoms. The summed E-state index contributed by atoms with van der Waals surface area (Å²) in [5.74, 6) is 1.42. The molecule has 3 aliphatic rings. The van der Waals surface area contributed by atoms with Gasteiger partial charge in [0.15, 0.2) is 11.5 Å². The second kappa shape index (κ2) is 7.43. The van der Waals surface area contributed by atoms with Gasteiger partial charge in [-0.15, -0.1) is 0 Å². The molecule has 0 saturated carbocycles. The Balaban J connectivity index is 1.47. The Kier molecular flexibility index (Phi) is 4.86. The van der Waals surface area contributed by atoms with Gasteiger partial charge in [0.05, 0.1) is 6.04 Å². The zero-order valence-electron chi connectivity index (χ0n) is 14.8. The molecule has 2 N–H and O–H groups in total. The molecule has 7 heteroatoms. The number of benzene rings is 1. The highest BCUT2D eigenvalue weighted by molar-refractivity contribution is 5.87. The standard InChI is InChI=1S/C19H25N3O4/c23-18-14(4-1-2-8-20-18)21-19(24)22-9-3-5-15(22)13-6-7-16-17(12-13)26-11-10-25-16/h6-7,12,14-15H,1-5,8-11H2,(H,20,23)(H,21,24)/t14-,15-/m0/s1. The van der Waals surface area contributed by atoms with Gasteiger partial charge >= 0.3 is 6.03 Å². The molecular formula is C19H25N3O4.